The number of benzene rings is 1. The monoisotopic (exact) mass is 419 g/mol. The second kappa shape index (κ2) is 7.38. The SMILES string of the molecule is CCOc1ccc([C@H]2CC(=O)Nc3c2cnn3-c2ccc3nnc(C)n3n2)cc1OC. The van der Waals surface area contributed by atoms with E-state index in [0.717, 1.165) is 11.1 Å². The summed E-state index contributed by atoms with van der Waals surface area (Å²) in [6.07, 6.45) is 2.08. The van der Waals surface area contributed by atoms with Crippen LogP contribution < -0.4 is 14.8 Å². The molecule has 1 N–H and O–H groups in total. The number of carbonyl (C=O) groups is 1. The molecule has 4 aromatic rings. The average Bonchev–Trinajstić information content (AvgIpc) is 3.37. The molecule has 0 bridgehead atoms. The van der Waals surface area contributed by atoms with Crippen molar-refractivity contribution in [2.24, 2.45) is 0 Å². The normalized spacial score (nSPS) is 15.6. The van der Waals surface area contributed by atoms with Crippen molar-refractivity contribution in [3.8, 4) is 17.3 Å². The van der Waals surface area contributed by atoms with Crippen LogP contribution in [0.5, 0.6) is 11.5 Å². The van der Waals surface area contributed by atoms with Crippen molar-refractivity contribution < 1.29 is 14.3 Å². The molecule has 158 valence electrons. The van der Waals surface area contributed by atoms with Gasteiger partial charge >= 0.3 is 0 Å². The number of amides is 1. The third-order valence-electron chi connectivity index (χ3n) is 5.33. The Bertz CT molecular complexity index is 1290. The lowest BCUT2D eigenvalue weighted by Crippen LogP contribution is -2.25. The third kappa shape index (κ3) is 3.16. The van der Waals surface area contributed by atoms with Gasteiger partial charge in [0.25, 0.3) is 0 Å². The molecule has 10 nitrogen and oxygen atoms in total. The van der Waals surface area contributed by atoms with E-state index >= 15 is 0 Å². The lowest BCUT2D eigenvalue weighted by Gasteiger charge is -2.24. The Kier molecular flexibility index (Phi) is 4.54. The lowest BCUT2D eigenvalue weighted by molar-refractivity contribution is -0.116. The summed E-state index contributed by atoms with van der Waals surface area (Å²) < 4.78 is 14.4. The molecule has 31 heavy (non-hydrogen) atoms. The molecule has 3 aromatic heterocycles. The van der Waals surface area contributed by atoms with E-state index < -0.39 is 0 Å². The van der Waals surface area contributed by atoms with Gasteiger partial charge in [-0.1, -0.05) is 6.07 Å². The number of aromatic nitrogens is 6. The molecule has 0 saturated heterocycles. The summed E-state index contributed by atoms with van der Waals surface area (Å²) in [6, 6.07) is 9.36. The summed E-state index contributed by atoms with van der Waals surface area (Å²) in [6.45, 7) is 4.29. The average molecular weight is 419 g/mol. The van der Waals surface area contributed by atoms with Crippen molar-refractivity contribution in [1.82, 2.24) is 29.6 Å². The van der Waals surface area contributed by atoms with Crippen molar-refractivity contribution in [1.29, 1.82) is 0 Å². The molecule has 0 aliphatic carbocycles. The van der Waals surface area contributed by atoms with Crippen molar-refractivity contribution in [2.75, 3.05) is 19.0 Å². The molecule has 4 heterocycles. The first kappa shape index (κ1) is 19.0. The molecule has 0 unspecified atom stereocenters. The van der Waals surface area contributed by atoms with Crippen LogP contribution in [0.25, 0.3) is 11.5 Å². The number of ether oxygens (including phenoxy) is 2. The minimum atomic E-state index is -0.164. The molecular weight excluding hydrogens is 398 g/mol. The lowest BCUT2D eigenvalue weighted by atomic mass is 9.87. The Morgan fingerprint density at radius 2 is 2.06 bits per heavy atom. The summed E-state index contributed by atoms with van der Waals surface area (Å²) >= 11 is 0. The molecule has 1 aromatic carbocycles. The quantitative estimate of drug-likeness (QED) is 0.529. The van der Waals surface area contributed by atoms with Crippen LogP contribution in [-0.2, 0) is 4.79 Å². The van der Waals surface area contributed by atoms with Gasteiger partial charge in [-0.25, -0.2) is 0 Å². The molecule has 1 amide bonds. The molecule has 0 radical (unpaired) electrons. The first-order chi connectivity index (χ1) is 15.1. The number of methoxy groups -OCH3 is 1. The number of hydrogen-bond donors (Lipinski definition) is 1. The highest BCUT2D eigenvalue weighted by Gasteiger charge is 2.31. The predicted octanol–water partition coefficient (Wildman–Crippen LogP) is 2.50. The molecule has 0 saturated carbocycles. The fraction of sp³-hybridized carbons (Fsp3) is 0.286. The van der Waals surface area contributed by atoms with Crippen molar-refractivity contribution in [3.05, 3.63) is 53.5 Å². The maximum atomic E-state index is 12.6. The van der Waals surface area contributed by atoms with Crippen molar-refractivity contribution in [3.63, 3.8) is 0 Å². The molecule has 1 aliphatic heterocycles. The number of hydrogen-bond acceptors (Lipinski definition) is 7. The van der Waals surface area contributed by atoms with Crippen LogP contribution in [0.2, 0.25) is 0 Å². The van der Waals surface area contributed by atoms with E-state index in [1.54, 1.807) is 28.6 Å². The number of carbonyl (C=O) groups excluding carboxylic acids is 1. The van der Waals surface area contributed by atoms with Gasteiger partial charge in [0, 0.05) is 17.9 Å². The second-order valence-electron chi connectivity index (χ2n) is 7.22. The first-order valence-electron chi connectivity index (χ1n) is 9.97. The zero-order valence-corrected chi connectivity index (χ0v) is 17.4. The maximum absolute atomic E-state index is 12.6. The topological polar surface area (TPSA) is 108 Å². The van der Waals surface area contributed by atoms with Crippen LogP contribution in [0.4, 0.5) is 5.82 Å². The van der Waals surface area contributed by atoms with Crippen molar-refractivity contribution in [2.45, 2.75) is 26.2 Å². The van der Waals surface area contributed by atoms with Crippen LogP contribution >= 0.6 is 0 Å². The summed E-state index contributed by atoms with van der Waals surface area (Å²) in [7, 11) is 1.60. The fourth-order valence-electron chi connectivity index (χ4n) is 3.87. The number of nitrogens with one attached hydrogen (secondary N) is 1. The molecule has 1 atom stereocenters. The van der Waals surface area contributed by atoms with E-state index in [9.17, 15) is 4.79 Å². The van der Waals surface area contributed by atoms with Crippen LogP contribution in [-0.4, -0.2) is 49.2 Å². The van der Waals surface area contributed by atoms with Gasteiger partial charge in [0.1, 0.15) is 5.82 Å². The van der Waals surface area contributed by atoms with Gasteiger partial charge in [-0.05, 0) is 43.7 Å². The van der Waals surface area contributed by atoms with Crippen LogP contribution in [0.15, 0.2) is 36.5 Å². The minimum absolute atomic E-state index is 0.0892. The molecule has 5 rings (SSSR count). The van der Waals surface area contributed by atoms with E-state index in [0.29, 0.717) is 47.6 Å². The standard InChI is InChI=1S/C21H21N7O3/c1-4-31-16-6-5-13(9-17(16)30-3)14-10-20(29)23-21-15(14)11-22-28(21)19-8-7-18-25-24-12(2)27(18)26-19/h5-9,11,14H,4,10H2,1-3H3,(H,23,29)/t14-/m1/s1. The van der Waals surface area contributed by atoms with E-state index in [1.165, 1.54) is 0 Å². The van der Waals surface area contributed by atoms with Gasteiger partial charge in [0.05, 0.1) is 19.9 Å². The molecule has 10 heteroatoms. The van der Waals surface area contributed by atoms with E-state index in [1.807, 2.05) is 38.1 Å². The maximum Gasteiger partial charge on any atom is 0.226 e. The highest BCUT2D eigenvalue weighted by molar-refractivity contribution is 5.94. The summed E-state index contributed by atoms with van der Waals surface area (Å²) in [4.78, 5) is 12.6. The Balaban J connectivity index is 1.58. The van der Waals surface area contributed by atoms with Crippen LogP contribution in [0, 0.1) is 6.92 Å². The molecule has 1 aliphatic rings. The number of nitrogens with zero attached hydrogens (tertiary/aromatic N) is 6. The third-order valence-corrected chi connectivity index (χ3v) is 5.33. The van der Waals surface area contributed by atoms with Gasteiger partial charge in [0.15, 0.2) is 28.8 Å². The summed E-state index contributed by atoms with van der Waals surface area (Å²) in [5.74, 6) is 2.88. The smallest absolute Gasteiger partial charge is 0.226 e. The van der Waals surface area contributed by atoms with E-state index in [-0.39, 0.29) is 11.8 Å². The minimum Gasteiger partial charge on any atom is -0.493 e. The van der Waals surface area contributed by atoms with Gasteiger partial charge in [-0.2, -0.15) is 14.3 Å². The Morgan fingerprint density at radius 1 is 1.19 bits per heavy atom. The van der Waals surface area contributed by atoms with Gasteiger partial charge in [0.2, 0.25) is 5.91 Å². The number of anilines is 1. The molecule has 0 fully saturated rings. The Hall–Kier alpha value is -3.95. The number of fused-ring (bicyclic) bond motifs is 2. The van der Waals surface area contributed by atoms with E-state index in [2.05, 4.69) is 25.7 Å². The molecular formula is C21H21N7O3. The Labute approximate surface area is 177 Å². The largest absolute Gasteiger partial charge is 0.493 e. The molecule has 0 spiro atoms. The number of rotatable bonds is 5. The fourth-order valence-corrected chi connectivity index (χ4v) is 3.87. The van der Waals surface area contributed by atoms with Crippen molar-refractivity contribution >= 4 is 17.4 Å². The first-order valence-corrected chi connectivity index (χ1v) is 9.97. The van der Waals surface area contributed by atoms with E-state index in [4.69, 9.17) is 9.47 Å². The van der Waals surface area contributed by atoms with Gasteiger partial charge in [-0.3, -0.25) is 4.79 Å². The zero-order valence-electron chi connectivity index (χ0n) is 17.4. The highest BCUT2D eigenvalue weighted by atomic mass is 16.5. The summed E-state index contributed by atoms with van der Waals surface area (Å²) in [5.41, 5.74) is 2.51. The van der Waals surface area contributed by atoms with Crippen LogP contribution in [0.1, 0.15) is 36.2 Å². The van der Waals surface area contributed by atoms with Gasteiger partial charge < -0.3 is 14.8 Å². The zero-order chi connectivity index (χ0) is 21.5. The number of aryl methyl sites for hydroxylation is 1. The summed E-state index contributed by atoms with van der Waals surface area (Å²) in [5, 5.41) is 20.1. The predicted molar refractivity (Wildman–Crippen MR) is 112 cm³/mol. The second-order valence-corrected chi connectivity index (χ2v) is 7.22. The van der Waals surface area contributed by atoms with Gasteiger partial charge in [-0.15, -0.1) is 15.3 Å². The van der Waals surface area contributed by atoms with Crippen LogP contribution in [0.3, 0.4) is 0 Å². The Morgan fingerprint density at radius 3 is 2.87 bits per heavy atom. The highest BCUT2D eigenvalue weighted by Crippen LogP contribution is 2.40.